The molecule has 0 aliphatic carbocycles. The molecule has 1 atom stereocenters. The topological polar surface area (TPSA) is 88.4 Å². The van der Waals surface area contributed by atoms with Crippen LogP contribution in [-0.2, 0) is 14.3 Å². The first kappa shape index (κ1) is 19.0. The Balaban J connectivity index is 1.80. The lowest BCUT2D eigenvalue weighted by molar-refractivity contribution is -0.153. The van der Waals surface area contributed by atoms with Crippen LogP contribution in [0.2, 0.25) is 0 Å². The van der Waals surface area contributed by atoms with Crippen molar-refractivity contribution < 1.29 is 19.1 Å². The molecule has 0 saturated heterocycles. The summed E-state index contributed by atoms with van der Waals surface area (Å²) in [4.78, 5) is 24.0. The molecule has 0 aromatic heterocycles. The summed E-state index contributed by atoms with van der Waals surface area (Å²) in [6, 6.07) is 16.1. The van der Waals surface area contributed by atoms with Crippen LogP contribution in [0.15, 0.2) is 48.5 Å². The van der Waals surface area contributed by atoms with Crippen LogP contribution in [0.4, 0.5) is 5.69 Å². The molecule has 2 aromatic rings. The van der Waals surface area contributed by atoms with Gasteiger partial charge in [0.1, 0.15) is 11.8 Å². The van der Waals surface area contributed by atoms with Crippen molar-refractivity contribution in [1.29, 1.82) is 5.26 Å². The fraction of sp³-hybridized carbons (Fsp3) is 0.250. The Morgan fingerprint density at radius 3 is 2.58 bits per heavy atom. The summed E-state index contributed by atoms with van der Waals surface area (Å²) < 4.78 is 10.7. The number of rotatable bonds is 7. The van der Waals surface area contributed by atoms with Gasteiger partial charge in [-0.05, 0) is 37.6 Å². The molecule has 6 nitrogen and oxygen atoms in total. The van der Waals surface area contributed by atoms with Gasteiger partial charge in [-0.25, -0.2) is 0 Å². The molecule has 2 rings (SSSR count). The van der Waals surface area contributed by atoms with Gasteiger partial charge < -0.3 is 14.8 Å². The van der Waals surface area contributed by atoms with E-state index in [1.54, 1.807) is 24.3 Å². The van der Waals surface area contributed by atoms with E-state index in [-0.39, 0.29) is 13.0 Å². The van der Waals surface area contributed by atoms with Gasteiger partial charge in [-0.15, -0.1) is 0 Å². The van der Waals surface area contributed by atoms with Gasteiger partial charge in [-0.3, -0.25) is 9.59 Å². The zero-order valence-corrected chi connectivity index (χ0v) is 14.7. The second-order valence-corrected chi connectivity index (χ2v) is 5.64. The van der Waals surface area contributed by atoms with Crippen LogP contribution in [0.25, 0.3) is 0 Å². The monoisotopic (exact) mass is 352 g/mol. The summed E-state index contributed by atoms with van der Waals surface area (Å²) in [5, 5.41) is 11.6. The second-order valence-electron chi connectivity index (χ2n) is 5.64. The highest BCUT2D eigenvalue weighted by Crippen LogP contribution is 2.16. The largest absolute Gasteiger partial charge is 0.493 e. The summed E-state index contributed by atoms with van der Waals surface area (Å²) >= 11 is 0. The Morgan fingerprint density at radius 2 is 1.85 bits per heavy atom. The van der Waals surface area contributed by atoms with Crippen molar-refractivity contribution in [2.75, 3.05) is 11.9 Å². The molecule has 0 heterocycles. The predicted molar refractivity (Wildman–Crippen MR) is 96.6 cm³/mol. The molecule has 2 aromatic carbocycles. The van der Waals surface area contributed by atoms with Gasteiger partial charge in [-0.1, -0.05) is 30.3 Å². The van der Waals surface area contributed by atoms with E-state index in [1.807, 2.05) is 37.3 Å². The van der Waals surface area contributed by atoms with Crippen molar-refractivity contribution in [3.63, 3.8) is 0 Å². The lowest BCUT2D eigenvalue weighted by Gasteiger charge is -2.14. The van der Waals surface area contributed by atoms with Crippen LogP contribution in [0, 0.1) is 18.3 Å². The van der Waals surface area contributed by atoms with Gasteiger partial charge >= 0.3 is 5.97 Å². The van der Waals surface area contributed by atoms with Gasteiger partial charge in [0.05, 0.1) is 24.3 Å². The van der Waals surface area contributed by atoms with Crippen molar-refractivity contribution in [2.45, 2.75) is 26.4 Å². The third-order valence-corrected chi connectivity index (χ3v) is 3.64. The average Bonchev–Trinajstić information content (AvgIpc) is 2.63. The number of carbonyl (C=O) groups is 2. The van der Waals surface area contributed by atoms with Gasteiger partial charge in [0.15, 0.2) is 6.10 Å². The fourth-order valence-corrected chi connectivity index (χ4v) is 2.20. The maximum Gasteiger partial charge on any atom is 0.310 e. The highest BCUT2D eigenvalue weighted by molar-refractivity contribution is 5.96. The smallest absolute Gasteiger partial charge is 0.310 e. The molecule has 0 fully saturated rings. The summed E-state index contributed by atoms with van der Waals surface area (Å²) in [6.45, 7) is 3.55. The SMILES string of the molecule is Cc1ccccc1OCCC(=O)O[C@H](C)C(=O)Nc1ccccc1C#N. The van der Waals surface area contributed by atoms with Crippen LogP contribution < -0.4 is 10.1 Å². The number of anilines is 1. The number of amides is 1. The highest BCUT2D eigenvalue weighted by atomic mass is 16.5. The predicted octanol–water partition coefficient (Wildman–Crippen LogP) is 3.21. The van der Waals surface area contributed by atoms with Crippen molar-refractivity contribution in [3.05, 3.63) is 59.7 Å². The molecule has 0 bridgehead atoms. The molecule has 0 radical (unpaired) electrons. The van der Waals surface area contributed by atoms with E-state index in [4.69, 9.17) is 14.7 Å². The number of nitrogens with one attached hydrogen (secondary N) is 1. The van der Waals surface area contributed by atoms with E-state index in [0.29, 0.717) is 17.0 Å². The molecule has 0 aliphatic rings. The maximum atomic E-state index is 12.1. The Bertz CT molecular complexity index is 827. The number of hydrogen-bond donors (Lipinski definition) is 1. The lowest BCUT2D eigenvalue weighted by atomic mass is 10.2. The van der Waals surface area contributed by atoms with E-state index >= 15 is 0 Å². The highest BCUT2D eigenvalue weighted by Gasteiger charge is 2.19. The molecule has 0 spiro atoms. The Morgan fingerprint density at radius 1 is 1.15 bits per heavy atom. The molecule has 0 unspecified atom stereocenters. The normalized spacial score (nSPS) is 11.1. The number of para-hydroxylation sites is 2. The molecule has 0 saturated carbocycles. The van der Waals surface area contributed by atoms with Gasteiger partial charge in [0.25, 0.3) is 5.91 Å². The van der Waals surface area contributed by atoms with E-state index in [0.717, 1.165) is 5.56 Å². The van der Waals surface area contributed by atoms with Crippen molar-refractivity contribution >= 4 is 17.6 Å². The molecule has 26 heavy (non-hydrogen) atoms. The Hall–Kier alpha value is -3.33. The van der Waals surface area contributed by atoms with Gasteiger partial charge in [0.2, 0.25) is 0 Å². The van der Waals surface area contributed by atoms with Gasteiger partial charge in [-0.2, -0.15) is 5.26 Å². The van der Waals surface area contributed by atoms with Crippen LogP contribution in [0.1, 0.15) is 24.5 Å². The standard InChI is InChI=1S/C20H20N2O4/c1-14-7-3-6-10-18(14)25-12-11-19(23)26-15(2)20(24)22-17-9-5-4-8-16(17)13-21/h3-10,15H,11-12H2,1-2H3,(H,22,24)/t15-/m1/s1. The molecule has 0 aliphatic heterocycles. The van der Waals surface area contributed by atoms with Crippen molar-refractivity contribution in [2.24, 2.45) is 0 Å². The van der Waals surface area contributed by atoms with Crippen LogP contribution in [0.5, 0.6) is 5.75 Å². The number of nitrogens with zero attached hydrogens (tertiary/aromatic N) is 1. The molecule has 6 heteroatoms. The van der Waals surface area contributed by atoms with E-state index in [9.17, 15) is 9.59 Å². The first-order valence-corrected chi connectivity index (χ1v) is 8.19. The number of nitriles is 1. The zero-order valence-electron chi connectivity index (χ0n) is 14.7. The Kier molecular flexibility index (Phi) is 6.75. The van der Waals surface area contributed by atoms with Crippen LogP contribution in [-0.4, -0.2) is 24.6 Å². The number of ether oxygens (including phenoxy) is 2. The van der Waals surface area contributed by atoms with Crippen LogP contribution >= 0.6 is 0 Å². The number of aryl methyl sites for hydroxylation is 1. The van der Waals surface area contributed by atoms with E-state index < -0.39 is 18.0 Å². The van der Waals surface area contributed by atoms with E-state index in [2.05, 4.69) is 5.32 Å². The minimum Gasteiger partial charge on any atom is -0.493 e. The second kappa shape index (κ2) is 9.23. The molecular formula is C20H20N2O4. The number of benzene rings is 2. The summed E-state index contributed by atoms with van der Waals surface area (Å²) in [5.41, 5.74) is 1.70. The third-order valence-electron chi connectivity index (χ3n) is 3.64. The molecular weight excluding hydrogens is 332 g/mol. The molecule has 1 amide bonds. The van der Waals surface area contributed by atoms with Gasteiger partial charge in [0, 0.05) is 0 Å². The molecule has 1 N–H and O–H groups in total. The number of carbonyl (C=O) groups excluding carboxylic acids is 2. The zero-order chi connectivity index (χ0) is 18.9. The minimum atomic E-state index is -0.979. The first-order valence-electron chi connectivity index (χ1n) is 8.19. The van der Waals surface area contributed by atoms with Crippen LogP contribution in [0.3, 0.4) is 0 Å². The lowest BCUT2D eigenvalue weighted by Crippen LogP contribution is -2.30. The average molecular weight is 352 g/mol. The first-order chi connectivity index (χ1) is 12.5. The van der Waals surface area contributed by atoms with Crippen molar-refractivity contribution in [1.82, 2.24) is 0 Å². The summed E-state index contributed by atoms with van der Waals surface area (Å²) in [7, 11) is 0. The maximum absolute atomic E-state index is 12.1. The quantitative estimate of drug-likeness (QED) is 0.773. The summed E-state index contributed by atoms with van der Waals surface area (Å²) in [6.07, 6.45) is -0.950. The third kappa shape index (κ3) is 5.35. The molecule has 134 valence electrons. The minimum absolute atomic E-state index is 0.0285. The fourth-order valence-electron chi connectivity index (χ4n) is 2.20. The summed E-state index contributed by atoms with van der Waals surface area (Å²) in [5.74, 6) is -0.324. The Labute approximate surface area is 152 Å². The van der Waals surface area contributed by atoms with E-state index in [1.165, 1.54) is 6.92 Å². The van der Waals surface area contributed by atoms with Crippen molar-refractivity contribution in [3.8, 4) is 11.8 Å². The number of hydrogen-bond acceptors (Lipinski definition) is 5. The number of esters is 1.